The molecule has 23 heavy (non-hydrogen) atoms. The van der Waals surface area contributed by atoms with E-state index in [0.29, 0.717) is 16.7 Å². The smallest absolute Gasteiger partial charge is 0.215 e. The van der Waals surface area contributed by atoms with E-state index in [-0.39, 0.29) is 5.41 Å². The zero-order valence-corrected chi connectivity index (χ0v) is 15.4. The minimum Gasteiger partial charge on any atom is -0.388 e. The van der Waals surface area contributed by atoms with Crippen LogP contribution in [0.25, 0.3) is 0 Å². The van der Waals surface area contributed by atoms with Gasteiger partial charge in [-0.1, -0.05) is 20.8 Å². The Morgan fingerprint density at radius 1 is 1.00 bits per heavy atom. The number of pyridine rings is 2. The highest BCUT2D eigenvalue weighted by molar-refractivity contribution is 9.10. The molecule has 2 heterocycles. The molecule has 0 radical (unpaired) electrons. The van der Waals surface area contributed by atoms with Crippen LogP contribution in [0.3, 0.4) is 0 Å². The van der Waals surface area contributed by atoms with Gasteiger partial charge in [0.1, 0.15) is 0 Å². The van der Waals surface area contributed by atoms with Gasteiger partial charge in [0.25, 0.3) is 0 Å². The number of hydrogen-bond donors (Lipinski definition) is 1. The standard InChI is InChI=1S/C11H16FNO.C6H5BrFN/c1-7-5-8(6-13-10(7)12)9(14)11(2,3)4;1-4-2-5(7)3-9-6(4)8/h5-6,9,14H,1-4H3;2-3H,1H3. The van der Waals surface area contributed by atoms with Gasteiger partial charge in [-0.25, -0.2) is 9.97 Å². The quantitative estimate of drug-likeness (QED) is 0.708. The summed E-state index contributed by atoms with van der Waals surface area (Å²) in [5, 5.41) is 9.91. The Morgan fingerprint density at radius 3 is 1.87 bits per heavy atom. The van der Waals surface area contributed by atoms with Gasteiger partial charge in [0.15, 0.2) is 0 Å². The maximum Gasteiger partial charge on any atom is 0.215 e. The molecule has 0 aliphatic heterocycles. The van der Waals surface area contributed by atoms with E-state index in [9.17, 15) is 13.9 Å². The van der Waals surface area contributed by atoms with Crippen molar-refractivity contribution in [2.24, 2.45) is 5.41 Å². The Morgan fingerprint density at radius 2 is 1.48 bits per heavy atom. The number of aromatic nitrogens is 2. The number of hydrogen-bond acceptors (Lipinski definition) is 3. The molecule has 1 unspecified atom stereocenters. The summed E-state index contributed by atoms with van der Waals surface area (Å²) in [5.41, 5.74) is 1.43. The molecule has 1 atom stereocenters. The Kier molecular flexibility index (Phi) is 6.77. The molecule has 2 aromatic heterocycles. The largest absolute Gasteiger partial charge is 0.388 e. The molecule has 0 amide bonds. The average Bonchev–Trinajstić information content (AvgIpc) is 2.45. The number of aliphatic hydroxyl groups excluding tert-OH is 1. The normalized spacial score (nSPS) is 12.4. The lowest BCUT2D eigenvalue weighted by Crippen LogP contribution is -2.18. The highest BCUT2D eigenvalue weighted by atomic mass is 79.9. The minimum absolute atomic E-state index is 0.258. The average molecular weight is 387 g/mol. The molecular weight excluding hydrogens is 366 g/mol. The fraction of sp³-hybridized carbons (Fsp3) is 0.412. The highest BCUT2D eigenvalue weighted by Crippen LogP contribution is 2.32. The maximum absolute atomic E-state index is 12.9. The number of aliphatic hydroxyl groups is 1. The van der Waals surface area contributed by atoms with Crippen molar-refractivity contribution in [2.45, 2.75) is 40.7 Å². The van der Waals surface area contributed by atoms with Gasteiger partial charge in [0.05, 0.1) is 6.10 Å². The molecule has 2 rings (SSSR count). The first-order valence-corrected chi connectivity index (χ1v) is 7.89. The second kappa shape index (κ2) is 7.93. The SMILES string of the molecule is Cc1cc(Br)cnc1F.Cc1cc(C(O)C(C)(C)C)cnc1F. The van der Waals surface area contributed by atoms with E-state index < -0.39 is 18.0 Å². The van der Waals surface area contributed by atoms with Crippen LogP contribution in [0.4, 0.5) is 8.78 Å². The molecule has 0 spiro atoms. The number of aryl methyl sites for hydroxylation is 2. The number of rotatable bonds is 1. The third kappa shape index (κ3) is 5.95. The van der Waals surface area contributed by atoms with Gasteiger partial charge in [-0.3, -0.25) is 0 Å². The molecule has 126 valence electrons. The van der Waals surface area contributed by atoms with E-state index in [1.807, 2.05) is 20.8 Å². The molecule has 6 heteroatoms. The Hall–Kier alpha value is -1.40. The van der Waals surface area contributed by atoms with Crippen molar-refractivity contribution in [2.75, 3.05) is 0 Å². The molecule has 0 aromatic carbocycles. The monoisotopic (exact) mass is 386 g/mol. The van der Waals surface area contributed by atoms with Crippen molar-refractivity contribution in [3.8, 4) is 0 Å². The summed E-state index contributed by atoms with van der Waals surface area (Å²) in [7, 11) is 0. The lowest BCUT2D eigenvalue weighted by atomic mass is 9.85. The van der Waals surface area contributed by atoms with E-state index >= 15 is 0 Å². The Balaban J connectivity index is 0.000000253. The van der Waals surface area contributed by atoms with E-state index in [4.69, 9.17) is 0 Å². The van der Waals surface area contributed by atoms with Crippen molar-refractivity contribution in [1.29, 1.82) is 0 Å². The fourth-order valence-corrected chi connectivity index (χ4v) is 2.20. The molecule has 3 nitrogen and oxygen atoms in total. The first-order valence-electron chi connectivity index (χ1n) is 7.10. The van der Waals surface area contributed by atoms with Gasteiger partial charge in [-0.15, -0.1) is 0 Å². The van der Waals surface area contributed by atoms with Crippen LogP contribution in [0.2, 0.25) is 0 Å². The molecule has 0 saturated carbocycles. The summed E-state index contributed by atoms with van der Waals surface area (Å²) < 4.78 is 26.0. The van der Waals surface area contributed by atoms with Gasteiger partial charge in [-0.05, 0) is 52.9 Å². The van der Waals surface area contributed by atoms with Crippen LogP contribution in [0, 0.1) is 31.2 Å². The summed E-state index contributed by atoms with van der Waals surface area (Å²) in [6, 6.07) is 3.32. The molecule has 0 aliphatic carbocycles. The number of nitrogens with zero attached hydrogens (tertiary/aromatic N) is 2. The molecule has 0 bridgehead atoms. The molecule has 0 saturated heterocycles. The van der Waals surface area contributed by atoms with Crippen LogP contribution in [0.1, 0.15) is 43.6 Å². The van der Waals surface area contributed by atoms with Gasteiger partial charge in [-0.2, -0.15) is 8.78 Å². The molecular formula is C17H21BrF2N2O. The van der Waals surface area contributed by atoms with E-state index in [1.54, 1.807) is 26.0 Å². The minimum atomic E-state index is -0.616. The molecule has 0 fully saturated rings. The van der Waals surface area contributed by atoms with Crippen LogP contribution in [-0.2, 0) is 0 Å². The van der Waals surface area contributed by atoms with Crippen molar-refractivity contribution < 1.29 is 13.9 Å². The van der Waals surface area contributed by atoms with Gasteiger partial charge in [0.2, 0.25) is 11.9 Å². The zero-order chi connectivity index (χ0) is 17.8. The highest BCUT2D eigenvalue weighted by Gasteiger charge is 2.24. The summed E-state index contributed by atoms with van der Waals surface area (Å²) in [4.78, 5) is 7.05. The second-order valence-corrected chi connectivity index (χ2v) is 7.32. The van der Waals surface area contributed by atoms with Crippen molar-refractivity contribution >= 4 is 15.9 Å². The lowest BCUT2D eigenvalue weighted by Gasteiger charge is -2.26. The van der Waals surface area contributed by atoms with Crippen molar-refractivity contribution in [3.63, 3.8) is 0 Å². The fourth-order valence-electron chi connectivity index (χ4n) is 1.75. The second-order valence-electron chi connectivity index (χ2n) is 6.41. The van der Waals surface area contributed by atoms with Crippen LogP contribution in [0.15, 0.2) is 29.0 Å². The summed E-state index contributed by atoms with van der Waals surface area (Å²) in [5.74, 6) is -0.881. The van der Waals surface area contributed by atoms with Crippen LogP contribution >= 0.6 is 15.9 Å². The van der Waals surface area contributed by atoms with Crippen LogP contribution < -0.4 is 0 Å². The van der Waals surface area contributed by atoms with Crippen LogP contribution in [0.5, 0.6) is 0 Å². The van der Waals surface area contributed by atoms with E-state index in [2.05, 4.69) is 25.9 Å². The van der Waals surface area contributed by atoms with Crippen molar-refractivity contribution in [3.05, 3.63) is 57.6 Å². The summed E-state index contributed by atoms with van der Waals surface area (Å²) >= 11 is 3.17. The first-order chi connectivity index (χ1) is 10.5. The predicted molar refractivity (Wildman–Crippen MR) is 90.0 cm³/mol. The Bertz CT molecular complexity index is 672. The topological polar surface area (TPSA) is 46.0 Å². The third-order valence-electron chi connectivity index (χ3n) is 3.15. The summed E-state index contributed by atoms with van der Waals surface area (Å²) in [6.45, 7) is 9.09. The maximum atomic E-state index is 12.9. The molecule has 1 N–H and O–H groups in total. The van der Waals surface area contributed by atoms with Crippen molar-refractivity contribution in [1.82, 2.24) is 9.97 Å². The lowest BCUT2D eigenvalue weighted by molar-refractivity contribution is 0.0622. The molecule has 0 aliphatic rings. The van der Waals surface area contributed by atoms with Gasteiger partial charge < -0.3 is 5.11 Å². The first kappa shape index (κ1) is 19.6. The third-order valence-corrected chi connectivity index (χ3v) is 3.59. The number of halogens is 3. The van der Waals surface area contributed by atoms with Gasteiger partial charge >= 0.3 is 0 Å². The van der Waals surface area contributed by atoms with E-state index in [0.717, 1.165) is 4.47 Å². The molecule has 2 aromatic rings. The van der Waals surface area contributed by atoms with Crippen LogP contribution in [-0.4, -0.2) is 15.1 Å². The predicted octanol–water partition coefficient (Wildman–Crippen LogP) is 4.90. The zero-order valence-electron chi connectivity index (χ0n) is 13.9. The Labute approximate surface area is 143 Å². The summed E-state index contributed by atoms with van der Waals surface area (Å²) in [6.07, 6.45) is 2.20. The van der Waals surface area contributed by atoms with Gasteiger partial charge in [0, 0.05) is 28.0 Å². The van der Waals surface area contributed by atoms with E-state index in [1.165, 1.54) is 12.4 Å².